The number of nitro groups is 1. The fourth-order valence-corrected chi connectivity index (χ4v) is 4.97. The molecule has 9 nitrogen and oxygen atoms in total. The van der Waals surface area contributed by atoms with E-state index in [2.05, 4.69) is 10.5 Å². The molecular formula is C24H23ClN4O5S. The number of anilines is 1. The highest BCUT2D eigenvalue weighted by molar-refractivity contribution is 7.92. The van der Waals surface area contributed by atoms with Gasteiger partial charge in [-0.1, -0.05) is 41.4 Å². The van der Waals surface area contributed by atoms with Crippen molar-refractivity contribution >= 4 is 44.6 Å². The summed E-state index contributed by atoms with van der Waals surface area (Å²) in [6.45, 7) is 4.56. The SMILES string of the molecule is C/C(=N/NC(=O)CN(c1ccc(Cl)cc1C)S(=O)(=O)c1ccc(C)cc1)c1cccc([N+](=O)[O-])c1. The Kier molecular flexibility index (Phi) is 7.88. The van der Waals surface area contributed by atoms with Crippen LogP contribution in [0.2, 0.25) is 5.02 Å². The molecule has 0 aliphatic heterocycles. The topological polar surface area (TPSA) is 122 Å². The van der Waals surface area contributed by atoms with Crippen molar-refractivity contribution < 1.29 is 18.1 Å². The molecule has 3 aromatic rings. The Hall–Kier alpha value is -3.76. The van der Waals surface area contributed by atoms with Gasteiger partial charge in [-0.15, -0.1) is 0 Å². The molecule has 1 amide bonds. The van der Waals surface area contributed by atoms with E-state index in [1.165, 1.54) is 36.4 Å². The van der Waals surface area contributed by atoms with Gasteiger partial charge in [0.2, 0.25) is 0 Å². The summed E-state index contributed by atoms with van der Waals surface area (Å²) in [5, 5.41) is 15.4. The van der Waals surface area contributed by atoms with E-state index in [4.69, 9.17) is 11.6 Å². The number of hydrazone groups is 1. The van der Waals surface area contributed by atoms with Crippen LogP contribution in [0.25, 0.3) is 0 Å². The van der Waals surface area contributed by atoms with Gasteiger partial charge in [0.05, 0.1) is 21.2 Å². The van der Waals surface area contributed by atoms with Gasteiger partial charge in [-0.3, -0.25) is 19.2 Å². The van der Waals surface area contributed by atoms with Crippen molar-refractivity contribution in [1.82, 2.24) is 5.43 Å². The third-order valence-electron chi connectivity index (χ3n) is 5.15. The predicted octanol–water partition coefficient (Wildman–Crippen LogP) is 4.60. The molecule has 0 bridgehead atoms. The van der Waals surface area contributed by atoms with E-state index < -0.39 is 27.4 Å². The molecule has 0 heterocycles. The summed E-state index contributed by atoms with van der Waals surface area (Å²) in [6.07, 6.45) is 0. The summed E-state index contributed by atoms with van der Waals surface area (Å²) < 4.78 is 28.0. The number of nitro benzene ring substituents is 1. The number of sulfonamides is 1. The quantitative estimate of drug-likeness (QED) is 0.267. The zero-order valence-electron chi connectivity index (χ0n) is 19.2. The fraction of sp³-hybridized carbons (Fsp3) is 0.167. The predicted molar refractivity (Wildman–Crippen MR) is 135 cm³/mol. The first-order valence-electron chi connectivity index (χ1n) is 10.4. The lowest BCUT2D eigenvalue weighted by Gasteiger charge is -2.25. The second-order valence-electron chi connectivity index (χ2n) is 7.80. The van der Waals surface area contributed by atoms with Crippen LogP contribution in [0.5, 0.6) is 0 Å². The number of rotatable bonds is 8. The maximum absolute atomic E-state index is 13.5. The lowest BCUT2D eigenvalue weighted by Crippen LogP contribution is -2.40. The second-order valence-corrected chi connectivity index (χ2v) is 10.1. The second kappa shape index (κ2) is 10.7. The van der Waals surface area contributed by atoms with Gasteiger partial charge in [0.15, 0.2) is 0 Å². The fourth-order valence-electron chi connectivity index (χ4n) is 3.26. The lowest BCUT2D eigenvalue weighted by atomic mass is 10.1. The Labute approximate surface area is 208 Å². The van der Waals surface area contributed by atoms with Crippen LogP contribution in [-0.2, 0) is 14.8 Å². The zero-order valence-corrected chi connectivity index (χ0v) is 20.8. The highest BCUT2D eigenvalue weighted by Crippen LogP contribution is 2.29. The number of carbonyl (C=O) groups excluding carboxylic acids is 1. The van der Waals surface area contributed by atoms with Crippen molar-refractivity contribution in [3.63, 3.8) is 0 Å². The molecule has 0 saturated heterocycles. The van der Waals surface area contributed by atoms with Crippen LogP contribution in [-0.4, -0.2) is 31.5 Å². The lowest BCUT2D eigenvalue weighted by molar-refractivity contribution is -0.384. The van der Waals surface area contributed by atoms with Crippen LogP contribution in [0, 0.1) is 24.0 Å². The van der Waals surface area contributed by atoms with E-state index in [1.54, 1.807) is 44.2 Å². The van der Waals surface area contributed by atoms with Gasteiger partial charge in [-0.25, -0.2) is 13.8 Å². The minimum atomic E-state index is -4.10. The maximum Gasteiger partial charge on any atom is 0.270 e. The van der Waals surface area contributed by atoms with Crippen LogP contribution < -0.4 is 9.73 Å². The van der Waals surface area contributed by atoms with Gasteiger partial charge < -0.3 is 0 Å². The summed E-state index contributed by atoms with van der Waals surface area (Å²) >= 11 is 6.04. The van der Waals surface area contributed by atoms with E-state index in [9.17, 15) is 23.3 Å². The summed E-state index contributed by atoms with van der Waals surface area (Å²) in [5.41, 5.74) is 4.74. The molecule has 3 aromatic carbocycles. The molecule has 35 heavy (non-hydrogen) atoms. The Bertz CT molecular complexity index is 1410. The van der Waals surface area contributed by atoms with Gasteiger partial charge in [0, 0.05) is 22.7 Å². The van der Waals surface area contributed by atoms with Crippen molar-refractivity contribution in [2.24, 2.45) is 5.10 Å². The third-order valence-corrected chi connectivity index (χ3v) is 7.16. The Morgan fingerprint density at radius 3 is 2.40 bits per heavy atom. The molecule has 0 atom stereocenters. The van der Waals surface area contributed by atoms with E-state index >= 15 is 0 Å². The maximum atomic E-state index is 13.5. The highest BCUT2D eigenvalue weighted by Gasteiger charge is 2.28. The number of nitrogens with zero attached hydrogens (tertiary/aromatic N) is 3. The van der Waals surface area contributed by atoms with Crippen LogP contribution in [0.1, 0.15) is 23.6 Å². The number of hydrogen-bond acceptors (Lipinski definition) is 6. The normalized spacial score (nSPS) is 11.7. The van der Waals surface area contributed by atoms with Crippen molar-refractivity contribution in [3.8, 4) is 0 Å². The molecule has 182 valence electrons. The zero-order chi connectivity index (χ0) is 25.8. The number of carbonyl (C=O) groups is 1. The van der Waals surface area contributed by atoms with Crippen molar-refractivity contribution in [2.45, 2.75) is 25.7 Å². The molecule has 0 aromatic heterocycles. The van der Waals surface area contributed by atoms with Gasteiger partial charge in [0.25, 0.3) is 21.6 Å². The number of benzene rings is 3. The molecule has 0 aliphatic rings. The molecule has 0 spiro atoms. The number of aryl methyl sites for hydroxylation is 2. The molecule has 0 fully saturated rings. The van der Waals surface area contributed by atoms with E-state index in [1.807, 2.05) is 6.92 Å². The average molecular weight is 515 g/mol. The molecule has 0 unspecified atom stereocenters. The smallest absolute Gasteiger partial charge is 0.270 e. The van der Waals surface area contributed by atoms with Gasteiger partial charge >= 0.3 is 0 Å². The van der Waals surface area contributed by atoms with Gasteiger partial charge in [-0.2, -0.15) is 5.10 Å². The summed E-state index contributed by atoms with van der Waals surface area (Å²) in [7, 11) is -4.10. The van der Waals surface area contributed by atoms with E-state index in [0.29, 0.717) is 27.5 Å². The summed E-state index contributed by atoms with van der Waals surface area (Å²) in [4.78, 5) is 23.3. The molecule has 0 aliphatic carbocycles. The van der Waals surface area contributed by atoms with Crippen molar-refractivity contribution in [2.75, 3.05) is 10.8 Å². The molecular weight excluding hydrogens is 492 g/mol. The standard InChI is InChI=1S/C24H23ClN4O5S/c1-16-7-10-22(11-8-16)35(33,34)28(23-12-9-20(25)13-17(23)2)15-24(30)27-26-18(3)19-5-4-6-21(14-19)29(31)32/h4-14H,15H2,1-3H3,(H,27,30)/b26-18-. The van der Waals surface area contributed by atoms with Gasteiger partial charge in [0.1, 0.15) is 6.54 Å². The first-order valence-corrected chi connectivity index (χ1v) is 12.2. The summed E-state index contributed by atoms with van der Waals surface area (Å²) in [5.74, 6) is -0.695. The number of amides is 1. The van der Waals surface area contributed by atoms with Crippen LogP contribution >= 0.6 is 11.6 Å². The van der Waals surface area contributed by atoms with Crippen molar-refractivity contribution in [1.29, 1.82) is 0 Å². The molecule has 1 N–H and O–H groups in total. The minimum Gasteiger partial charge on any atom is -0.271 e. The molecule has 3 rings (SSSR count). The monoisotopic (exact) mass is 514 g/mol. The molecule has 11 heteroatoms. The largest absolute Gasteiger partial charge is 0.271 e. The molecule has 0 radical (unpaired) electrons. The first kappa shape index (κ1) is 25.9. The van der Waals surface area contributed by atoms with Crippen molar-refractivity contribution in [3.05, 3.63) is 98.6 Å². The number of hydrogen-bond donors (Lipinski definition) is 1. The summed E-state index contributed by atoms with van der Waals surface area (Å²) in [6, 6.07) is 16.8. The van der Waals surface area contributed by atoms with E-state index in [-0.39, 0.29) is 10.6 Å². The Balaban J connectivity index is 1.91. The average Bonchev–Trinajstić information content (AvgIpc) is 2.81. The third kappa shape index (κ3) is 6.23. The Morgan fingerprint density at radius 1 is 1.09 bits per heavy atom. The Morgan fingerprint density at radius 2 is 1.77 bits per heavy atom. The van der Waals surface area contributed by atoms with Crippen LogP contribution in [0.3, 0.4) is 0 Å². The van der Waals surface area contributed by atoms with E-state index in [0.717, 1.165) is 9.87 Å². The number of nitrogens with one attached hydrogen (secondary N) is 1. The first-order chi connectivity index (χ1) is 16.5. The van der Waals surface area contributed by atoms with Gasteiger partial charge in [-0.05, 0) is 56.7 Å². The number of halogens is 1. The van der Waals surface area contributed by atoms with Crippen LogP contribution in [0.15, 0.2) is 76.7 Å². The molecule has 0 saturated carbocycles. The highest BCUT2D eigenvalue weighted by atomic mass is 35.5. The van der Waals surface area contributed by atoms with Crippen LogP contribution in [0.4, 0.5) is 11.4 Å². The minimum absolute atomic E-state index is 0.0292. The number of non-ortho nitro benzene ring substituents is 1.